The molecule has 0 aromatic heterocycles. The molecule has 0 spiro atoms. The van der Waals surface area contributed by atoms with Crippen molar-refractivity contribution >= 4 is 5.97 Å². The van der Waals surface area contributed by atoms with Crippen LogP contribution in [0.4, 0.5) is 0 Å². The standard InChI is InChI=1S/C15H23NO5/c1-15(2,14(17)18)9-21-13-11(19-3)7-10(5-6-16)8-12(13)20-4/h7-8H,5-6,9,16H2,1-4H3,(H,17,18). The number of hydrogen-bond acceptors (Lipinski definition) is 5. The van der Waals surface area contributed by atoms with Crippen LogP contribution < -0.4 is 19.9 Å². The van der Waals surface area contributed by atoms with Crippen molar-refractivity contribution < 1.29 is 24.1 Å². The monoisotopic (exact) mass is 297 g/mol. The number of methoxy groups -OCH3 is 2. The summed E-state index contributed by atoms with van der Waals surface area (Å²) in [4.78, 5) is 11.1. The fourth-order valence-electron chi connectivity index (χ4n) is 1.70. The van der Waals surface area contributed by atoms with Crippen molar-refractivity contribution in [3.63, 3.8) is 0 Å². The van der Waals surface area contributed by atoms with Gasteiger partial charge >= 0.3 is 5.97 Å². The molecule has 0 fully saturated rings. The Morgan fingerprint density at radius 2 is 1.76 bits per heavy atom. The lowest BCUT2D eigenvalue weighted by Gasteiger charge is -2.22. The maximum absolute atomic E-state index is 11.1. The minimum absolute atomic E-state index is 0.00525. The quantitative estimate of drug-likeness (QED) is 0.759. The Hall–Kier alpha value is -1.95. The molecule has 1 aromatic carbocycles. The van der Waals surface area contributed by atoms with E-state index in [1.807, 2.05) is 12.1 Å². The first-order chi connectivity index (χ1) is 9.85. The van der Waals surface area contributed by atoms with Crippen LogP contribution in [-0.4, -0.2) is 38.4 Å². The Balaban J connectivity index is 3.07. The van der Waals surface area contributed by atoms with Crippen LogP contribution in [-0.2, 0) is 11.2 Å². The van der Waals surface area contributed by atoms with Crippen molar-refractivity contribution in [2.75, 3.05) is 27.4 Å². The average Bonchev–Trinajstić information content (AvgIpc) is 2.44. The Kier molecular flexibility index (Phi) is 5.84. The van der Waals surface area contributed by atoms with Gasteiger partial charge in [0.2, 0.25) is 5.75 Å². The molecular formula is C15H23NO5. The largest absolute Gasteiger partial charge is 0.493 e. The van der Waals surface area contributed by atoms with Crippen LogP contribution in [0.2, 0.25) is 0 Å². The summed E-state index contributed by atoms with van der Waals surface area (Å²) in [6, 6.07) is 3.64. The van der Waals surface area contributed by atoms with Gasteiger partial charge in [-0.15, -0.1) is 0 Å². The van der Waals surface area contributed by atoms with Crippen molar-refractivity contribution in [1.82, 2.24) is 0 Å². The lowest BCUT2D eigenvalue weighted by Crippen LogP contribution is -2.30. The topological polar surface area (TPSA) is 91.0 Å². The van der Waals surface area contributed by atoms with E-state index in [0.29, 0.717) is 30.2 Å². The molecule has 1 rings (SSSR count). The van der Waals surface area contributed by atoms with Crippen LogP contribution in [0.5, 0.6) is 17.2 Å². The van der Waals surface area contributed by atoms with Crippen LogP contribution in [0.3, 0.4) is 0 Å². The van der Waals surface area contributed by atoms with E-state index < -0.39 is 11.4 Å². The first kappa shape index (κ1) is 17.1. The summed E-state index contributed by atoms with van der Waals surface area (Å²) in [6.07, 6.45) is 0.688. The zero-order valence-electron chi connectivity index (χ0n) is 12.9. The number of nitrogens with two attached hydrogens (primary N) is 1. The Bertz CT molecular complexity index is 474. The number of aliphatic carboxylic acids is 1. The predicted octanol–water partition coefficient (Wildman–Crippen LogP) is 1.69. The summed E-state index contributed by atoms with van der Waals surface area (Å²) in [5, 5.41) is 9.13. The Labute approximate surface area is 124 Å². The van der Waals surface area contributed by atoms with Gasteiger partial charge in [-0.1, -0.05) is 0 Å². The van der Waals surface area contributed by atoms with Crippen LogP contribution >= 0.6 is 0 Å². The highest BCUT2D eigenvalue weighted by atomic mass is 16.5. The molecule has 6 nitrogen and oxygen atoms in total. The van der Waals surface area contributed by atoms with Crippen molar-refractivity contribution in [2.24, 2.45) is 11.1 Å². The van der Waals surface area contributed by atoms with Gasteiger partial charge in [0.05, 0.1) is 19.6 Å². The number of benzene rings is 1. The minimum atomic E-state index is -1.01. The molecule has 0 aliphatic rings. The van der Waals surface area contributed by atoms with Crippen molar-refractivity contribution in [1.29, 1.82) is 0 Å². The molecule has 0 saturated carbocycles. The third-order valence-corrected chi connectivity index (χ3v) is 3.11. The maximum Gasteiger partial charge on any atom is 0.312 e. The summed E-state index contributed by atoms with van der Waals surface area (Å²) < 4.78 is 16.3. The maximum atomic E-state index is 11.1. The summed E-state index contributed by atoms with van der Waals surface area (Å²) in [7, 11) is 3.05. The number of hydrogen-bond donors (Lipinski definition) is 2. The third-order valence-electron chi connectivity index (χ3n) is 3.11. The van der Waals surface area contributed by atoms with Crippen molar-refractivity contribution in [3.8, 4) is 17.2 Å². The van der Waals surface area contributed by atoms with E-state index >= 15 is 0 Å². The van der Waals surface area contributed by atoms with Gasteiger partial charge in [0, 0.05) is 0 Å². The normalized spacial score (nSPS) is 11.1. The van der Waals surface area contributed by atoms with Gasteiger partial charge in [0.25, 0.3) is 0 Å². The highest BCUT2D eigenvalue weighted by molar-refractivity contribution is 5.73. The second-order valence-electron chi connectivity index (χ2n) is 5.35. The van der Waals surface area contributed by atoms with Gasteiger partial charge < -0.3 is 25.1 Å². The SMILES string of the molecule is COc1cc(CCN)cc(OC)c1OCC(C)(C)C(=O)O. The van der Waals surface area contributed by atoms with E-state index in [9.17, 15) is 4.79 Å². The van der Waals surface area contributed by atoms with E-state index in [4.69, 9.17) is 25.1 Å². The summed E-state index contributed by atoms with van der Waals surface area (Å²) in [5.41, 5.74) is 5.51. The number of carboxylic acids is 1. The summed E-state index contributed by atoms with van der Waals surface area (Å²) >= 11 is 0. The van der Waals surface area contributed by atoms with Crippen LogP contribution in [0.15, 0.2) is 12.1 Å². The molecule has 0 bridgehead atoms. The molecule has 0 unspecified atom stereocenters. The van der Waals surface area contributed by atoms with Crippen LogP contribution in [0.1, 0.15) is 19.4 Å². The van der Waals surface area contributed by atoms with Crippen LogP contribution in [0, 0.1) is 5.41 Å². The van der Waals surface area contributed by atoms with E-state index in [2.05, 4.69) is 0 Å². The van der Waals surface area contributed by atoms with Gasteiger partial charge in [0.1, 0.15) is 6.61 Å². The lowest BCUT2D eigenvalue weighted by molar-refractivity contribution is -0.148. The van der Waals surface area contributed by atoms with Crippen LogP contribution in [0.25, 0.3) is 0 Å². The third kappa shape index (κ3) is 4.26. The zero-order chi connectivity index (χ0) is 16.0. The molecule has 118 valence electrons. The molecule has 0 heterocycles. The van der Waals surface area contributed by atoms with E-state index in [1.54, 1.807) is 13.8 Å². The minimum Gasteiger partial charge on any atom is -0.493 e. The van der Waals surface area contributed by atoms with Gasteiger partial charge in [-0.05, 0) is 44.5 Å². The molecule has 0 atom stereocenters. The van der Waals surface area contributed by atoms with Gasteiger partial charge in [-0.3, -0.25) is 4.79 Å². The number of rotatable bonds is 8. The van der Waals surface area contributed by atoms with Crippen molar-refractivity contribution in [2.45, 2.75) is 20.3 Å². The Morgan fingerprint density at radius 3 is 2.14 bits per heavy atom. The molecule has 0 amide bonds. The highest BCUT2D eigenvalue weighted by Crippen LogP contribution is 2.39. The number of carbonyl (C=O) groups is 1. The number of carboxylic acid groups (broad SMARTS) is 1. The van der Waals surface area contributed by atoms with E-state index in [1.165, 1.54) is 14.2 Å². The molecule has 6 heteroatoms. The second kappa shape index (κ2) is 7.17. The first-order valence-electron chi connectivity index (χ1n) is 6.67. The molecular weight excluding hydrogens is 274 g/mol. The van der Waals surface area contributed by atoms with Gasteiger partial charge in [0.15, 0.2) is 11.5 Å². The highest BCUT2D eigenvalue weighted by Gasteiger charge is 2.29. The molecule has 21 heavy (non-hydrogen) atoms. The molecule has 0 radical (unpaired) electrons. The zero-order valence-corrected chi connectivity index (χ0v) is 12.9. The summed E-state index contributed by atoms with van der Waals surface area (Å²) in [5.74, 6) is 0.466. The Morgan fingerprint density at radius 1 is 1.24 bits per heavy atom. The fraction of sp³-hybridized carbons (Fsp3) is 0.533. The average molecular weight is 297 g/mol. The van der Waals surface area contributed by atoms with Gasteiger partial charge in [-0.2, -0.15) is 0 Å². The predicted molar refractivity (Wildman–Crippen MR) is 79.2 cm³/mol. The van der Waals surface area contributed by atoms with Crippen molar-refractivity contribution in [3.05, 3.63) is 17.7 Å². The fourth-order valence-corrected chi connectivity index (χ4v) is 1.70. The molecule has 0 aliphatic carbocycles. The summed E-state index contributed by atoms with van der Waals surface area (Å²) in [6.45, 7) is 3.71. The van der Waals surface area contributed by atoms with E-state index in [-0.39, 0.29) is 6.61 Å². The molecule has 0 aliphatic heterocycles. The number of ether oxygens (including phenoxy) is 3. The van der Waals surface area contributed by atoms with E-state index in [0.717, 1.165) is 5.56 Å². The molecule has 1 aromatic rings. The molecule has 0 saturated heterocycles. The first-order valence-corrected chi connectivity index (χ1v) is 6.67. The lowest BCUT2D eigenvalue weighted by atomic mass is 9.95. The smallest absolute Gasteiger partial charge is 0.312 e. The van der Waals surface area contributed by atoms with Gasteiger partial charge in [-0.25, -0.2) is 0 Å². The molecule has 3 N–H and O–H groups in total. The second-order valence-corrected chi connectivity index (χ2v) is 5.35.